The molecule has 0 unspecified atom stereocenters. The first-order chi connectivity index (χ1) is 11.9. The Morgan fingerprint density at radius 1 is 1.40 bits per heavy atom. The number of thioether (sulfide) groups is 1. The highest BCUT2D eigenvalue weighted by Gasteiger charge is 2.59. The molecule has 0 saturated heterocycles. The average molecular weight is 357 g/mol. The number of amides is 1. The number of rotatable bonds is 4. The van der Waals surface area contributed by atoms with Gasteiger partial charge in [0.1, 0.15) is 5.52 Å². The molecule has 2 saturated carbocycles. The number of nitrogens with one attached hydrogen (secondary N) is 1. The molecule has 2 aliphatic rings. The van der Waals surface area contributed by atoms with E-state index in [9.17, 15) is 4.79 Å². The molecule has 2 aromatic rings. The lowest BCUT2D eigenvalue weighted by atomic mass is 9.70. The van der Waals surface area contributed by atoms with Gasteiger partial charge in [-0.3, -0.25) is 4.79 Å². The number of hydrogen-bond donors (Lipinski definition) is 1. The second kappa shape index (κ2) is 5.87. The standard InChI is InChI=1S/C19H23N3O2S/c1-18(2)12-8-9-19(18,3)15(10-12)21-22-16(23)11-25-17-20-13-6-4-5-7-14(13)24-17/h4-7,12H,8-11H2,1-3H3,(H,22,23)/b21-15+/t12-,19+/m1/s1. The minimum atomic E-state index is -0.121. The zero-order valence-electron chi connectivity index (χ0n) is 14.8. The van der Waals surface area contributed by atoms with E-state index in [4.69, 9.17) is 4.42 Å². The first-order valence-electron chi connectivity index (χ1n) is 8.74. The van der Waals surface area contributed by atoms with Gasteiger partial charge in [-0.2, -0.15) is 5.10 Å². The molecule has 132 valence electrons. The molecule has 0 spiro atoms. The maximum atomic E-state index is 12.2. The van der Waals surface area contributed by atoms with Crippen LogP contribution >= 0.6 is 11.8 Å². The number of carbonyl (C=O) groups excluding carboxylic acids is 1. The molecule has 2 bridgehead atoms. The predicted molar refractivity (Wildman–Crippen MR) is 99.5 cm³/mol. The summed E-state index contributed by atoms with van der Waals surface area (Å²) >= 11 is 1.29. The molecule has 1 N–H and O–H groups in total. The summed E-state index contributed by atoms with van der Waals surface area (Å²) in [5.41, 5.74) is 5.81. The number of benzene rings is 1. The van der Waals surface area contributed by atoms with Crippen molar-refractivity contribution in [2.45, 2.75) is 45.3 Å². The van der Waals surface area contributed by atoms with E-state index < -0.39 is 0 Å². The highest BCUT2D eigenvalue weighted by molar-refractivity contribution is 7.99. The predicted octanol–water partition coefficient (Wildman–Crippen LogP) is 4.24. The number of hydrazone groups is 1. The van der Waals surface area contributed by atoms with Crippen LogP contribution in [-0.2, 0) is 4.79 Å². The topological polar surface area (TPSA) is 67.5 Å². The fourth-order valence-electron chi connectivity index (χ4n) is 4.30. The molecule has 2 atom stereocenters. The normalized spacial score (nSPS) is 28.8. The Hall–Kier alpha value is -1.82. The third kappa shape index (κ3) is 2.67. The van der Waals surface area contributed by atoms with Crippen LogP contribution in [0.15, 0.2) is 39.0 Å². The molecule has 0 aliphatic heterocycles. The van der Waals surface area contributed by atoms with Crippen LogP contribution in [0, 0.1) is 16.7 Å². The third-order valence-electron chi connectivity index (χ3n) is 6.43. The van der Waals surface area contributed by atoms with Gasteiger partial charge in [0.25, 0.3) is 11.1 Å². The van der Waals surface area contributed by atoms with Gasteiger partial charge >= 0.3 is 0 Å². The van der Waals surface area contributed by atoms with E-state index in [0.717, 1.165) is 29.7 Å². The Labute approximate surface area is 151 Å². The summed E-state index contributed by atoms with van der Waals surface area (Å²) in [4.78, 5) is 16.5. The van der Waals surface area contributed by atoms with Crippen LogP contribution in [-0.4, -0.2) is 22.4 Å². The van der Waals surface area contributed by atoms with Crippen LogP contribution in [0.4, 0.5) is 0 Å². The van der Waals surface area contributed by atoms with Crippen molar-refractivity contribution in [3.63, 3.8) is 0 Å². The summed E-state index contributed by atoms with van der Waals surface area (Å²) in [6, 6.07) is 7.59. The van der Waals surface area contributed by atoms with Gasteiger partial charge in [0.2, 0.25) is 0 Å². The number of nitrogens with zero attached hydrogens (tertiary/aromatic N) is 2. The van der Waals surface area contributed by atoms with Gasteiger partial charge in [-0.1, -0.05) is 44.7 Å². The van der Waals surface area contributed by atoms with Crippen molar-refractivity contribution >= 4 is 34.5 Å². The molecule has 2 fully saturated rings. The first-order valence-corrected chi connectivity index (χ1v) is 9.73. The Kier molecular flexibility index (Phi) is 3.90. The van der Waals surface area contributed by atoms with E-state index in [1.165, 1.54) is 18.2 Å². The SMILES string of the molecule is CC1(C)[C@@H]2CC[C@@]1(C)/C(=N/NC(=O)CSc1nc3ccccc3o1)C2. The molecule has 25 heavy (non-hydrogen) atoms. The van der Waals surface area contributed by atoms with Gasteiger partial charge in [-0.05, 0) is 42.7 Å². The molecular formula is C19H23N3O2S. The number of hydrogen-bond acceptors (Lipinski definition) is 5. The lowest BCUT2D eigenvalue weighted by Gasteiger charge is -2.34. The van der Waals surface area contributed by atoms with E-state index >= 15 is 0 Å². The lowest BCUT2D eigenvalue weighted by Crippen LogP contribution is -2.34. The summed E-state index contributed by atoms with van der Waals surface area (Å²) in [5.74, 6) is 0.804. The maximum Gasteiger partial charge on any atom is 0.257 e. The van der Waals surface area contributed by atoms with Crippen LogP contribution in [0.25, 0.3) is 11.1 Å². The molecule has 0 radical (unpaired) electrons. The third-order valence-corrected chi connectivity index (χ3v) is 7.26. The highest BCUT2D eigenvalue weighted by Crippen LogP contribution is 2.63. The molecule has 4 rings (SSSR count). The largest absolute Gasteiger partial charge is 0.431 e. The van der Waals surface area contributed by atoms with Gasteiger partial charge in [-0.15, -0.1) is 0 Å². The first kappa shape index (κ1) is 16.6. The van der Waals surface area contributed by atoms with Gasteiger partial charge in [0.05, 0.1) is 5.75 Å². The number of fused-ring (bicyclic) bond motifs is 3. The fourth-order valence-corrected chi connectivity index (χ4v) is 4.93. The number of para-hydroxylation sites is 2. The minimum absolute atomic E-state index is 0.110. The van der Waals surface area contributed by atoms with Crippen LogP contribution < -0.4 is 5.43 Å². The molecule has 5 nitrogen and oxygen atoms in total. The molecule has 2 aliphatic carbocycles. The van der Waals surface area contributed by atoms with Gasteiger partial charge < -0.3 is 4.42 Å². The summed E-state index contributed by atoms with van der Waals surface area (Å²) in [7, 11) is 0. The summed E-state index contributed by atoms with van der Waals surface area (Å²) < 4.78 is 5.62. The monoisotopic (exact) mass is 357 g/mol. The van der Waals surface area contributed by atoms with Crippen molar-refractivity contribution in [3.05, 3.63) is 24.3 Å². The lowest BCUT2D eigenvalue weighted by molar-refractivity contribution is -0.118. The number of aromatic nitrogens is 1. The fraction of sp³-hybridized carbons (Fsp3) is 0.526. The number of oxazole rings is 1. The Bertz CT molecular complexity index is 824. The van der Waals surface area contributed by atoms with Crippen LogP contribution in [0.1, 0.15) is 40.0 Å². The van der Waals surface area contributed by atoms with Crippen LogP contribution in [0.3, 0.4) is 0 Å². The Morgan fingerprint density at radius 3 is 2.88 bits per heavy atom. The number of carbonyl (C=O) groups is 1. The molecule has 1 amide bonds. The van der Waals surface area contributed by atoms with Crippen molar-refractivity contribution in [2.24, 2.45) is 21.8 Å². The zero-order valence-corrected chi connectivity index (χ0v) is 15.7. The van der Waals surface area contributed by atoms with E-state index in [0.29, 0.717) is 11.1 Å². The van der Waals surface area contributed by atoms with Crippen LogP contribution in [0.5, 0.6) is 0 Å². The van der Waals surface area contributed by atoms with E-state index in [2.05, 4.69) is 36.3 Å². The zero-order chi connectivity index (χ0) is 17.7. The van der Waals surface area contributed by atoms with E-state index in [-0.39, 0.29) is 22.5 Å². The van der Waals surface area contributed by atoms with E-state index in [1.54, 1.807) is 0 Å². The quantitative estimate of drug-likeness (QED) is 0.656. The Morgan fingerprint density at radius 2 is 2.20 bits per heavy atom. The average Bonchev–Trinajstić information content (AvgIpc) is 3.16. The second-order valence-electron chi connectivity index (χ2n) is 7.82. The second-order valence-corrected chi connectivity index (χ2v) is 8.75. The van der Waals surface area contributed by atoms with Crippen molar-refractivity contribution in [1.29, 1.82) is 0 Å². The molecular weight excluding hydrogens is 334 g/mol. The maximum absolute atomic E-state index is 12.2. The van der Waals surface area contributed by atoms with Crippen LogP contribution in [0.2, 0.25) is 0 Å². The van der Waals surface area contributed by atoms with Crippen molar-refractivity contribution in [2.75, 3.05) is 5.75 Å². The van der Waals surface area contributed by atoms with Gasteiger partial charge in [0.15, 0.2) is 5.58 Å². The molecule has 6 heteroatoms. The van der Waals surface area contributed by atoms with E-state index in [1.807, 2.05) is 24.3 Å². The minimum Gasteiger partial charge on any atom is -0.431 e. The smallest absolute Gasteiger partial charge is 0.257 e. The summed E-state index contributed by atoms with van der Waals surface area (Å²) in [6.45, 7) is 6.95. The highest BCUT2D eigenvalue weighted by atomic mass is 32.2. The van der Waals surface area contributed by atoms with Crippen molar-refractivity contribution in [3.8, 4) is 0 Å². The Balaban J connectivity index is 1.37. The summed E-state index contributed by atoms with van der Waals surface area (Å²) in [5, 5.41) is 4.99. The van der Waals surface area contributed by atoms with Crippen molar-refractivity contribution in [1.82, 2.24) is 10.4 Å². The van der Waals surface area contributed by atoms with Crippen molar-refractivity contribution < 1.29 is 9.21 Å². The molecule has 1 heterocycles. The molecule has 1 aromatic carbocycles. The summed E-state index contributed by atoms with van der Waals surface area (Å²) in [6.07, 6.45) is 3.43. The molecule has 1 aromatic heterocycles. The van der Waals surface area contributed by atoms with Gasteiger partial charge in [0, 0.05) is 11.1 Å². The van der Waals surface area contributed by atoms with Gasteiger partial charge in [-0.25, -0.2) is 10.4 Å².